The van der Waals surface area contributed by atoms with Gasteiger partial charge in [0.05, 0.1) is 22.2 Å². The van der Waals surface area contributed by atoms with Crippen LogP contribution in [-0.4, -0.2) is 152 Å². The van der Waals surface area contributed by atoms with Crippen molar-refractivity contribution >= 4 is 45.9 Å². The largest absolute Gasteiger partial charge is 0.486 e. The fourth-order valence-corrected chi connectivity index (χ4v) is 12.1. The Hall–Kier alpha value is -8.95. The lowest BCUT2D eigenvalue weighted by Gasteiger charge is -2.39. The number of nitrogens with one attached hydrogen (secondary N) is 1. The second-order valence-corrected chi connectivity index (χ2v) is 25.8. The molecule has 4 aromatic carbocycles. The number of hydrogen-bond donors (Lipinski definition) is 2. The van der Waals surface area contributed by atoms with Crippen molar-refractivity contribution in [1.29, 1.82) is 0 Å². The van der Waals surface area contributed by atoms with Crippen molar-refractivity contribution < 1.29 is 52.7 Å². The monoisotopic (exact) mass is 1240 g/mol. The summed E-state index contributed by atoms with van der Waals surface area (Å²) >= 11 is 0. The van der Waals surface area contributed by atoms with Crippen molar-refractivity contribution in [1.82, 2.24) is 39.0 Å². The number of ether oxygens (including phenoxy) is 6. The minimum Gasteiger partial charge on any atom is -0.486 e. The first-order chi connectivity index (χ1) is 43.5. The Bertz CT molecular complexity index is 3900. The molecule has 7 aromatic rings. The van der Waals surface area contributed by atoms with E-state index in [1.54, 1.807) is 27.6 Å². The maximum Gasteiger partial charge on any atom is 0.410 e. The minimum atomic E-state index is -1.11. The smallest absolute Gasteiger partial charge is 0.410 e. The Balaban J connectivity index is 0.000000202. The highest BCUT2D eigenvalue weighted by Gasteiger charge is 2.34. The molecule has 0 unspecified atom stereocenters. The molecule has 0 bridgehead atoms. The summed E-state index contributed by atoms with van der Waals surface area (Å²) in [5.41, 5.74) is 4.72. The molecule has 0 spiro atoms. The van der Waals surface area contributed by atoms with Crippen LogP contribution in [0.5, 0.6) is 23.0 Å². The number of carbonyl (C=O) groups excluding carboxylic acids is 3. The van der Waals surface area contributed by atoms with Gasteiger partial charge in [0.2, 0.25) is 0 Å². The number of carboxylic acid groups (broad SMARTS) is 1. The van der Waals surface area contributed by atoms with Crippen LogP contribution in [0.25, 0.3) is 21.8 Å². The van der Waals surface area contributed by atoms with Crippen LogP contribution in [-0.2, 0) is 42.2 Å². The van der Waals surface area contributed by atoms with Crippen LogP contribution in [0.4, 0.5) is 9.59 Å². The fourth-order valence-electron chi connectivity index (χ4n) is 12.1. The topological polar surface area (TPSA) is 226 Å². The van der Waals surface area contributed by atoms with E-state index in [1.165, 1.54) is 12.1 Å². The Labute approximate surface area is 530 Å². The summed E-state index contributed by atoms with van der Waals surface area (Å²) in [5.74, 6) is 1.40. The first-order valence-electron chi connectivity index (χ1n) is 31.4. The van der Waals surface area contributed by atoms with Gasteiger partial charge < -0.3 is 67.6 Å². The quantitative estimate of drug-likeness (QED) is 0.0918. The molecular formula is C70H84N8O13. The van der Waals surface area contributed by atoms with E-state index in [9.17, 15) is 33.9 Å². The van der Waals surface area contributed by atoms with E-state index < -0.39 is 17.2 Å². The van der Waals surface area contributed by atoms with Gasteiger partial charge in [-0.05, 0) is 151 Å². The molecule has 2 saturated heterocycles. The van der Waals surface area contributed by atoms with E-state index in [-0.39, 0.29) is 46.9 Å². The van der Waals surface area contributed by atoms with Crippen LogP contribution in [0.3, 0.4) is 0 Å². The standard InChI is InChI=1S/C38H45N5O6.C32H39N3O7/c1-26-7-9-30-31(36(45)40-24-28-6-5-13-39-23-28)22-35(44)42(32(30)20-26)17-16-41-14-11-29(12-15-41)43(37(46)49-38(2,3)4)25-27-8-10-33-34(21-27)48-19-18-47-33;1-21-5-7-24-25(30(37)38)19-29(36)34(26(24)17-21)14-13-33-11-9-23(10-12-33)35(31(39)42-32(2,3)4)20-22-6-8-27-28(18-22)41-16-15-40-27/h5-10,13,20-23,29H,11-12,14-19,24-25H2,1-4H3,(H,40,45);5-8,17-19,23H,9-16,20H2,1-4H3,(H,37,38). The van der Waals surface area contributed by atoms with Crippen molar-refractivity contribution in [2.75, 3.05) is 65.7 Å². The summed E-state index contributed by atoms with van der Waals surface area (Å²) in [7, 11) is 0. The van der Waals surface area contributed by atoms with Gasteiger partial charge in [0, 0.05) is 119 Å². The number of benzene rings is 4. The van der Waals surface area contributed by atoms with Gasteiger partial charge in [0.1, 0.15) is 37.6 Å². The van der Waals surface area contributed by atoms with Gasteiger partial charge in [-0.2, -0.15) is 0 Å². The molecule has 2 N–H and O–H groups in total. The number of carbonyl (C=O) groups is 4. The maximum absolute atomic E-state index is 13.5. The van der Waals surface area contributed by atoms with Crippen molar-refractivity contribution in [2.24, 2.45) is 0 Å². The zero-order valence-corrected chi connectivity index (χ0v) is 53.5. The van der Waals surface area contributed by atoms with E-state index in [1.807, 2.05) is 144 Å². The second kappa shape index (κ2) is 28.5. The number of aromatic carboxylic acids is 1. The number of piperidine rings is 2. The number of nitrogens with zero attached hydrogens (tertiary/aromatic N) is 7. The zero-order chi connectivity index (χ0) is 64.6. The number of amides is 3. The van der Waals surface area contributed by atoms with Crippen molar-refractivity contribution in [3.05, 3.63) is 169 Å². The molecule has 4 aliphatic heterocycles. The molecule has 482 valence electrons. The molecule has 3 aromatic heterocycles. The van der Waals surface area contributed by atoms with Gasteiger partial charge in [0.15, 0.2) is 23.0 Å². The highest BCUT2D eigenvalue weighted by molar-refractivity contribution is 6.06. The lowest BCUT2D eigenvalue weighted by atomic mass is 10.0. The average Bonchev–Trinajstić information content (AvgIpc) is 0.857. The minimum absolute atomic E-state index is 0.00466. The van der Waals surface area contributed by atoms with E-state index in [4.69, 9.17) is 28.4 Å². The van der Waals surface area contributed by atoms with Crippen molar-refractivity contribution in [3.63, 3.8) is 0 Å². The molecule has 2 fully saturated rings. The number of rotatable bonds is 16. The summed E-state index contributed by atoms with van der Waals surface area (Å²) in [6, 6.07) is 29.3. The van der Waals surface area contributed by atoms with E-state index in [0.29, 0.717) is 112 Å². The lowest BCUT2D eigenvalue weighted by molar-refractivity contribution is 0.00468. The van der Waals surface area contributed by atoms with E-state index in [2.05, 4.69) is 20.1 Å². The summed E-state index contributed by atoms with van der Waals surface area (Å²) in [6.45, 7) is 23.6. The third-order valence-corrected chi connectivity index (χ3v) is 16.6. The van der Waals surface area contributed by atoms with Crippen LogP contribution in [0, 0.1) is 13.8 Å². The number of fused-ring (bicyclic) bond motifs is 4. The van der Waals surface area contributed by atoms with Crippen LogP contribution < -0.4 is 35.4 Å². The Morgan fingerprint density at radius 1 is 0.560 bits per heavy atom. The average molecular weight is 1250 g/mol. The Morgan fingerprint density at radius 2 is 1.00 bits per heavy atom. The Morgan fingerprint density at radius 3 is 1.43 bits per heavy atom. The maximum atomic E-state index is 13.5. The highest BCUT2D eigenvalue weighted by atomic mass is 16.6. The van der Waals surface area contributed by atoms with Gasteiger partial charge in [0.25, 0.3) is 17.0 Å². The summed E-state index contributed by atoms with van der Waals surface area (Å²) in [5, 5.41) is 13.8. The number of aromatic nitrogens is 3. The summed E-state index contributed by atoms with van der Waals surface area (Å²) in [4.78, 5) is 90.6. The molecule has 7 heterocycles. The molecule has 4 aliphatic rings. The molecule has 11 rings (SSSR count). The van der Waals surface area contributed by atoms with Crippen LogP contribution in [0.15, 0.2) is 119 Å². The molecule has 0 atom stereocenters. The normalized spacial score (nSPS) is 15.5. The zero-order valence-electron chi connectivity index (χ0n) is 53.5. The number of hydrogen-bond acceptors (Lipinski definition) is 15. The molecular weight excluding hydrogens is 1160 g/mol. The van der Waals surface area contributed by atoms with Crippen LogP contribution in [0.2, 0.25) is 0 Å². The number of likely N-dealkylation sites (tertiary alicyclic amines) is 2. The van der Waals surface area contributed by atoms with Gasteiger partial charge in [-0.25, -0.2) is 14.4 Å². The molecule has 0 aliphatic carbocycles. The SMILES string of the molecule is Cc1ccc2c(C(=O)NCc3cccnc3)cc(=O)n(CCN3CCC(N(Cc4ccc5c(c4)OCCO5)C(=O)OC(C)(C)C)CC3)c2c1.Cc1ccc2c(C(=O)O)cc(=O)n(CCN3CCC(N(Cc4ccc5c(c4)OCCO5)C(=O)OC(C)(C)C)CC3)c2c1. The predicted molar refractivity (Wildman–Crippen MR) is 346 cm³/mol. The predicted octanol–water partition coefficient (Wildman–Crippen LogP) is 9.99. The van der Waals surface area contributed by atoms with Crippen molar-refractivity contribution in [2.45, 2.75) is 137 Å². The third kappa shape index (κ3) is 16.7. The highest BCUT2D eigenvalue weighted by Crippen LogP contribution is 2.34. The number of aryl methyl sites for hydroxylation is 2. The summed E-state index contributed by atoms with van der Waals surface area (Å²) < 4.78 is 37.9. The molecule has 0 radical (unpaired) electrons. The molecule has 21 heteroatoms. The fraction of sp³-hybridized carbons (Fsp3) is 0.443. The van der Waals surface area contributed by atoms with Gasteiger partial charge in [-0.15, -0.1) is 0 Å². The number of carboxylic acids is 1. The third-order valence-electron chi connectivity index (χ3n) is 16.6. The molecule has 0 saturated carbocycles. The Kier molecular flexibility index (Phi) is 20.3. The van der Waals surface area contributed by atoms with E-state index >= 15 is 0 Å². The van der Waals surface area contributed by atoms with Crippen LogP contribution in [0.1, 0.15) is 116 Å². The molecule has 21 nitrogen and oxygen atoms in total. The van der Waals surface area contributed by atoms with Crippen LogP contribution >= 0.6 is 0 Å². The first kappa shape index (κ1) is 65.0. The van der Waals surface area contributed by atoms with Gasteiger partial charge in [-0.1, -0.05) is 42.5 Å². The number of pyridine rings is 3. The molecule has 3 amide bonds. The second-order valence-electron chi connectivity index (χ2n) is 25.8. The van der Waals surface area contributed by atoms with E-state index in [0.717, 1.165) is 90.6 Å². The van der Waals surface area contributed by atoms with Gasteiger partial charge >= 0.3 is 18.2 Å². The van der Waals surface area contributed by atoms with Crippen molar-refractivity contribution in [3.8, 4) is 23.0 Å². The summed E-state index contributed by atoms with van der Waals surface area (Å²) in [6.07, 6.45) is 5.78. The lowest BCUT2D eigenvalue weighted by Crippen LogP contribution is -2.49. The molecule has 91 heavy (non-hydrogen) atoms. The first-order valence-corrected chi connectivity index (χ1v) is 31.4. The van der Waals surface area contributed by atoms with Gasteiger partial charge in [-0.3, -0.25) is 19.4 Å².